The minimum atomic E-state index is -4.53. The molecule has 0 spiro atoms. The molecular weight excluding hydrogens is 230 g/mol. The molecule has 0 fully saturated rings. The molecule has 0 aliphatic heterocycles. The SMILES string of the molecule is O=C(NOCC(F)(F)F)c1cccc(F)c1. The van der Waals surface area contributed by atoms with Gasteiger partial charge in [0.25, 0.3) is 5.91 Å². The standard InChI is InChI=1S/C9H7F4NO2/c10-7-3-1-2-6(4-7)8(15)14-16-5-9(11,12)13/h1-4H,5H2,(H,14,15). The molecule has 0 bridgehead atoms. The maximum absolute atomic E-state index is 12.6. The van der Waals surface area contributed by atoms with Gasteiger partial charge < -0.3 is 0 Å². The number of hydroxylamine groups is 1. The second kappa shape index (κ2) is 4.93. The molecule has 3 nitrogen and oxygen atoms in total. The smallest absolute Gasteiger partial charge is 0.267 e. The Hall–Kier alpha value is -1.63. The van der Waals surface area contributed by atoms with Crippen molar-refractivity contribution in [3.05, 3.63) is 35.6 Å². The molecule has 0 saturated carbocycles. The van der Waals surface area contributed by atoms with Crippen LogP contribution in [0.5, 0.6) is 0 Å². The van der Waals surface area contributed by atoms with Crippen molar-refractivity contribution in [2.45, 2.75) is 6.18 Å². The summed E-state index contributed by atoms with van der Waals surface area (Å²) in [5.74, 6) is -1.60. The molecule has 0 aliphatic rings. The van der Waals surface area contributed by atoms with Crippen molar-refractivity contribution in [2.75, 3.05) is 6.61 Å². The van der Waals surface area contributed by atoms with E-state index in [-0.39, 0.29) is 5.56 Å². The molecule has 88 valence electrons. The maximum atomic E-state index is 12.6. The fourth-order valence-corrected chi connectivity index (χ4v) is 0.872. The molecule has 0 heterocycles. The lowest BCUT2D eigenvalue weighted by atomic mass is 10.2. The van der Waals surface area contributed by atoms with Gasteiger partial charge in [0.15, 0.2) is 6.61 Å². The van der Waals surface area contributed by atoms with E-state index in [2.05, 4.69) is 4.84 Å². The van der Waals surface area contributed by atoms with Crippen molar-refractivity contribution in [3.8, 4) is 0 Å². The predicted octanol–water partition coefficient (Wildman–Crippen LogP) is 2.05. The van der Waals surface area contributed by atoms with E-state index in [0.29, 0.717) is 0 Å². The molecule has 0 aromatic heterocycles. The predicted molar refractivity (Wildman–Crippen MR) is 45.9 cm³/mol. The van der Waals surface area contributed by atoms with Gasteiger partial charge in [-0.2, -0.15) is 13.2 Å². The zero-order valence-electron chi connectivity index (χ0n) is 7.84. The van der Waals surface area contributed by atoms with Crippen molar-refractivity contribution >= 4 is 5.91 Å². The van der Waals surface area contributed by atoms with Crippen molar-refractivity contribution < 1.29 is 27.2 Å². The number of hydrogen-bond donors (Lipinski definition) is 1. The number of rotatable bonds is 3. The van der Waals surface area contributed by atoms with Gasteiger partial charge in [0.05, 0.1) is 0 Å². The number of nitrogens with one attached hydrogen (secondary N) is 1. The molecule has 0 atom stereocenters. The molecule has 1 aromatic carbocycles. The molecular formula is C9H7F4NO2. The molecule has 0 aliphatic carbocycles. The first-order valence-corrected chi connectivity index (χ1v) is 4.13. The minimum absolute atomic E-state index is 0.123. The Labute approximate surface area is 88.0 Å². The van der Waals surface area contributed by atoms with Crippen LogP contribution in [0.2, 0.25) is 0 Å². The molecule has 1 N–H and O–H groups in total. The number of amides is 1. The Morgan fingerprint density at radius 1 is 1.38 bits per heavy atom. The fourth-order valence-electron chi connectivity index (χ4n) is 0.872. The second-order valence-electron chi connectivity index (χ2n) is 2.85. The van der Waals surface area contributed by atoms with Gasteiger partial charge in [-0.15, -0.1) is 0 Å². The third-order valence-corrected chi connectivity index (χ3v) is 1.49. The average Bonchev–Trinajstić information content (AvgIpc) is 2.15. The topological polar surface area (TPSA) is 38.3 Å². The van der Waals surface area contributed by atoms with Crippen LogP contribution in [0, 0.1) is 5.82 Å². The summed E-state index contributed by atoms with van der Waals surface area (Å²) in [7, 11) is 0. The van der Waals surface area contributed by atoms with Crippen molar-refractivity contribution in [2.24, 2.45) is 0 Å². The summed E-state index contributed by atoms with van der Waals surface area (Å²) in [6.45, 7) is -1.60. The second-order valence-corrected chi connectivity index (χ2v) is 2.85. The van der Waals surface area contributed by atoms with Crippen LogP contribution in [0.1, 0.15) is 10.4 Å². The van der Waals surface area contributed by atoms with E-state index in [1.807, 2.05) is 0 Å². The Bertz CT molecular complexity index is 378. The first-order valence-electron chi connectivity index (χ1n) is 4.13. The molecule has 1 rings (SSSR count). The highest BCUT2D eigenvalue weighted by atomic mass is 19.4. The Morgan fingerprint density at radius 3 is 2.62 bits per heavy atom. The highest BCUT2D eigenvalue weighted by molar-refractivity contribution is 5.93. The minimum Gasteiger partial charge on any atom is -0.267 e. The monoisotopic (exact) mass is 237 g/mol. The van der Waals surface area contributed by atoms with Gasteiger partial charge in [-0.1, -0.05) is 6.07 Å². The zero-order valence-corrected chi connectivity index (χ0v) is 7.84. The fraction of sp³-hybridized carbons (Fsp3) is 0.222. The van der Waals surface area contributed by atoms with E-state index in [1.54, 1.807) is 5.48 Å². The van der Waals surface area contributed by atoms with Crippen LogP contribution >= 0.6 is 0 Å². The Kier molecular flexibility index (Phi) is 3.83. The molecule has 0 saturated heterocycles. The lowest BCUT2D eigenvalue weighted by molar-refractivity contribution is -0.184. The van der Waals surface area contributed by atoms with Gasteiger partial charge in [0, 0.05) is 5.56 Å². The molecule has 0 unspecified atom stereocenters. The number of carbonyl (C=O) groups excluding carboxylic acids is 1. The van der Waals surface area contributed by atoms with Crippen LogP contribution < -0.4 is 5.48 Å². The molecule has 16 heavy (non-hydrogen) atoms. The van der Waals surface area contributed by atoms with Gasteiger partial charge in [0.2, 0.25) is 0 Å². The molecule has 7 heteroatoms. The maximum Gasteiger partial charge on any atom is 0.414 e. The summed E-state index contributed by atoms with van der Waals surface area (Å²) in [4.78, 5) is 15.0. The number of halogens is 4. The van der Waals surface area contributed by atoms with Crippen LogP contribution in [0.3, 0.4) is 0 Å². The molecule has 1 amide bonds. The van der Waals surface area contributed by atoms with E-state index in [0.717, 1.165) is 12.1 Å². The van der Waals surface area contributed by atoms with Crippen molar-refractivity contribution in [1.29, 1.82) is 0 Å². The van der Waals surface area contributed by atoms with Gasteiger partial charge in [-0.25, -0.2) is 9.87 Å². The van der Waals surface area contributed by atoms with Crippen LogP contribution in [0.4, 0.5) is 17.6 Å². The van der Waals surface area contributed by atoms with Crippen molar-refractivity contribution in [1.82, 2.24) is 5.48 Å². The first kappa shape index (κ1) is 12.4. The van der Waals surface area contributed by atoms with Gasteiger partial charge in [-0.05, 0) is 18.2 Å². The van der Waals surface area contributed by atoms with E-state index >= 15 is 0 Å². The van der Waals surface area contributed by atoms with Crippen LogP contribution in [0.15, 0.2) is 24.3 Å². The van der Waals surface area contributed by atoms with E-state index in [1.165, 1.54) is 12.1 Å². The average molecular weight is 237 g/mol. The largest absolute Gasteiger partial charge is 0.414 e. The summed E-state index contributed by atoms with van der Waals surface area (Å²) in [5.41, 5.74) is 1.43. The lowest BCUT2D eigenvalue weighted by Crippen LogP contribution is -2.29. The zero-order chi connectivity index (χ0) is 12.2. The summed E-state index contributed by atoms with van der Waals surface area (Å²) in [6.07, 6.45) is -4.53. The quantitative estimate of drug-likeness (QED) is 0.645. The highest BCUT2D eigenvalue weighted by Crippen LogP contribution is 2.13. The highest BCUT2D eigenvalue weighted by Gasteiger charge is 2.28. The Balaban J connectivity index is 2.47. The third-order valence-electron chi connectivity index (χ3n) is 1.49. The normalized spacial score (nSPS) is 11.2. The summed E-state index contributed by atoms with van der Waals surface area (Å²) < 4.78 is 47.5. The van der Waals surface area contributed by atoms with E-state index in [4.69, 9.17) is 0 Å². The molecule has 0 radical (unpaired) electrons. The van der Waals surface area contributed by atoms with E-state index in [9.17, 15) is 22.4 Å². The number of benzene rings is 1. The van der Waals surface area contributed by atoms with Gasteiger partial charge in [0.1, 0.15) is 5.82 Å². The van der Waals surface area contributed by atoms with E-state index < -0.39 is 24.5 Å². The van der Waals surface area contributed by atoms with Crippen molar-refractivity contribution in [3.63, 3.8) is 0 Å². The summed E-state index contributed by atoms with van der Waals surface area (Å²) >= 11 is 0. The van der Waals surface area contributed by atoms with Crippen LogP contribution in [0.25, 0.3) is 0 Å². The third kappa shape index (κ3) is 4.26. The Morgan fingerprint density at radius 2 is 2.06 bits per heavy atom. The number of carbonyl (C=O) groups is 1. The van der Waals surface area contributed by atoms with Crippen LogP contribution in [-0.2, 0) is 4.84 Å². The first-order chi connectivity index (χ1) is 7.38. The van der Waals surface area contributed by atoms with Gasteiger partial charge in [-0.3, -0.25) is 9.63 Å². The lowest BCUT2D eigenvalue weighted by Gasteiger charge is -2.08. The number of hydrogen-bond acceptors (Lipinski definition) is 2. The van der Waals surface area contributed by atoms with Crippen LogP contribution in [-0.4, -0.2) is 18.7 Å². The molecule has 1 aromatic rings. The van der Waals surface area contributed by atoms with Gasteiger partial charge >= 0.3 is 6.18 Å². The summed E-state index contributed by atoms with van der Waals surface area (Å²) in [6, 6.07) is 4.49. The number of alkyl halides is 3. The summed E-state index contributed by atoms with van der Waals surface area (Å²) in [5, 5.41) is 0.